The van der Waals surface area contributed by atoms with Crippen molar-refractivity contribution in [1.82, 2.24) is 15.1 Å². The van der Waals surface area contributed by atoms with Gasteiger partial charge in [0.1, 0.15) is 12.4 Å². The molecule has 2 rings (SSSR count). The topological polar surface area (TPSA) is 116 Å². The first-order valence-corrected chi connectivity index (χ1v) is 8.01. The molecule has 1 aromatic carbocycles. The molecule has 0 bridgehead atoms. The molecule has 0 spiro atoms. The van der Waals surface area contributed by atoms with Gasteiger partial charge in [-0.25, -0.2) is 0 Å². The summed E-state index contributed by atoms with van der Waals surface area (Å²) in [4.78, 5) is 14.6. The van der Waals surface area contributed by atoms with E-state index in [0.717, 1.165) is 5.69 Å². The first kappa shape index (κ1) is 19.0. The van der Waals surface area contributed by atoms with Crippen molar-refractivity contribution in [1.29, 1.82) is 0 Å². The third-order valence-electron chi connectivity index (χ3n) is 3.42. The summed E-state index contributed by atoms with van der Waals surface area (Å²) in [5.41, 5.74) is 0.751. The molecule has 26 heavy (non-hydrogen) atoms. The number of ether oxygens (including phenoxy) is 2. The third kappa shape index (κ3) is 5.10. The molecule has 2 N–H and O–H groups in total. The second-order valence-corrected chi connectivity index (χ2v) is 5.17. The summed E-state index contributed by atoms with van der Waals surface area (Å²) in [5, 5.41) is 20.9. The van der Waals surface area contributed by atoms with Crippen LogP contribution >= 0.6 is 0 Å². The van der Waals surface area contributed by atoms with E-state index in [1.165, 1.54) is 17.1 Å². The van der Waals surface area contributed by atoms with Crippen molar-refractivity contribution in [3.05, 3.63) is 40.7 Å². The lowest BCUT2D eigenvalue weighted by atomic mass is 10.3. The van der Waals surface area contributed by atoms with Crippen molar-refractivity contribution in [2.24, 2.45) is 4.99 Å². The maximum absolute atomic E-state index is 10.7. The molecule has 2 aromatic rings. The molecule has 0 aliphatic heterocycles. The molecule has 140 valence electrons. The molecule has 0 saturated carbocycles. The van der Waals surface area contributed by atoms with Crippen molar-refractivity contribution in [2.75, 3.05) is 32.6 Å². The number of nitro groups is 1. The lowest BCUT2D eigenvalue weighted by molar-refractivity contribution is -0.385. The van der Waals surface area contributed by atoms with E-state index in [1.807, 2.05) is 19.1 Å². The van der Waals surface area contributed by atoms with Gasteiger partial charge in [0.05, 0.1) is 32.2 Å². The molecule has 0 unspecified atom stereocenters. The van der Waals surface area contributed by atoms with Gasteiger partial charge in [0.25, 0.3) is 0 Å². The highest BCUT2D eigenvalue weighted by molar-refractivity contribution is 5.93. The molecule has 0 fully saturated rings. The molecule has 0 atom stereocenters. The Kier molecular flexibility index (Phi) is 6.77. The summed E-state index contributed by atoms with van der Waals surface area (Å²) in [6.07, 6.45) is 2.60. The van der Waals surface area contributed by atoms with Crippen LogP contribution in [0.5, 0.6) is 11.5 Å². The molecule has 0 radical (unpaired) electrons. The van der Waals surface area contributed by atoms with E-state index < -0.39 is 4.92 Å². The van der Waals surface area contributed by atoms with Crippen molar-refractivity contribution in [3.8, 4) is 11.5 Å². The highest BCUT2D eigenvalue weighted by Gasteiger charge is 2.09. The Morgan fingerprint density at radius 3 is 2.73 bits per heavy atom. The van der Waals surface area contributed by atoms with Crippen LogP contribution in [0.25, 0.3) is 0 Å². The maximum atomic E-state index is 10.7. The summed E-state index contributed by atoms with van der Waals surface area (Å²) >= 11 is 0. The van der Waals surface area contributed by atoms with Crippen LogP contribution in [0.2, 0.25) is 0 Å². The lowest BCUT2D eigenvalue weighted by Crippen LogP contribution is -2.31. The fourth-order valence-electron chi connectivity index (χ4n) is 2.19. The Balaban J connectivity index is 2.02. The van der Waals surface area contributed by atoms with Crippen molar-refractivity contribution in [3.63, 3.8) is 0 Å². The van der Waals surface area contributed by atoms with Gasteiger partial charge in [-0.1, -0.05) is 0 Å². The van der Waals surface area contributed by atoms with Gasteiger partial charge in [0, 0.05) is 18.3 Å². The Bertz CT molecular complexity index is 774. The smallest absolute Gasteiger partial charge is 0.306 e. The van der Waals surface area contributed by atoms with Gasteiger partial charge in [-0.15, -0.1) is 0 Å². The van der Waals surface area contributed by atoms with Crippen LogP contribution in [-0.4, -0.2) is 48.0 Å². The normalized spacial score (nSPS) is 11.1. The highest BCUT2D eigenvalue weighted by Crippen LogP contribution is 2.29. The number of nitrogens with zero attached hydrogens (tertiary/aromatic N) is 4. The van der Waals surface area contributed by atoms with E-state index in [9.17, 15) is 10.1 Å². The fourth-order valence-corrected chi connectivity index (χ4v) is 2.19. The number of aliphatic imine (C=N–C) groups is 1. The van der Waals surface area contributed by atoms with Gasteiger partial charge in [-0.3, -0.25) is 19.8 Å². The highest BCUT2D eigenvalue weighted by atomic mass is 16.6. The third-order valence-corrected chi connectivity index (χ3v) is 3.42. The zero-order valence-corrected chi connectivity index (χ0v) is 14.9. The predicted octanol–water partition coefficient (Wildman–Crippen LogP) is 1.89. The number of anilines is 1. The zero-order valence-electron chi connectivity index (χ0n) is 14.9. The first-order valence-electron chi connectivity index (χ1n) is 8.01. The minimum absolute atomic E-state index is 0.0376. The van der Waals surface area contributed by atoms with E-state index >= 15 is 0 Å². The Labute approximate surface area is 151 Å². The number of nitrogens with one attached hydrogen (secondary N) is 2. The van der Waals surface area contributed by atoms with Crippen LogP contribution < -0.4 is 20.1 Å². The number of rotatable bonds is 8. The quantitative estimate of drug-likeness (QED) is 0.319. The Hall–Kier alpha value is -3.30. The van der Waals surface area contributed by atoms with E-state index in [4.69, 9.17) is 9.47 Å². The molecule has 10 nitrogen and oxygen atoms in total. The number of aromatic nitrogens is 2. The van der Waals surface area contributed by atoms with Crippen LogP contribution in [0.3, 0.4) is 0 Å². The predicted molar refractivity (Wildman–Crippen MR) is 98.0 cm³/mol. The van der Waals surface area contributed by atoms with Gasteiger partial charge in [-0.05, 0) is 19.1 Å². The summed E-state index contributed by atoms with van der Waals surface area (Å²) in [6.45, 7) is 3.48. The number of methoxy groups -OCH3 is 2. The SMILES string of the molecule is CCNC(=NCCn1cc([N+](=O)[O-])cn1)Nc1ccc(OC)c(OC)c1. The molecule has 0 amide bonds. The van der Waals surface area contributed by atoms with Gasteiger partial charge in [0.2, 0.25) is 0 Å². The second kappa shape index (κ2) is 9.25. The largest absolute Gasteiger partial charge is 0.493 e. The van der Waals surface area contributed by atoms with Crippen LogP contribution in [0.15, 0.2) is 35.6 Å². The van der Waals surface area contributed by atoms with Crippen molar-refractivity contribution in [2.45, 2.75) is 13.5 Å². The summed E-state index contributed by atoms with van der Waals surface area (Å²) in [7, 11) is 3.15. The summed E-state index contributed by atoms with van der Waals surface area (Å²) < 4.78 is 12.0. The lowest BCUT2D eigenvalue weighted by Gasteiger charge is -2.13. The minimum atomic E-state index is -0.477. The average molecular weight is 362 g/mol. The van der Waals surface area contributed by atoms with Crippen molar-refractivity contribution >= 4 is 17.3 Å². The molecular weight excluding hydrogens is 340 g/mol. The van der Waals surface area contributed by atoms with E-state index in [2.05, 4.69) is 20.7 Å². The Morgan fingerprint density at radius 1 is 1.35 bits per heavy atom. The van der Waals surface area contributed by atoms with E-state index in [1.54, 1.807) is 20.3 Å². The summed E-state index contributed by atoms with van der Waals surface area (Å²) in [6, 6.07) is 5.46. The van der Waals surface area contributed by atoms with Gasteiger partial charge in [-0.2, -0.15) is 5.10 Å². The summed E-state index contributed by atoms with van der Waals surface area (Å²) in [5.74, 6) is 1.83. The van der Waals surface area contributed by atoms with Crippen LogP contribution in [0.1, 0.15) is 6.92 Å². The zero-order chi connectivity index (χ0) is 18.9. The van der Waals surface area contributed by atoms with Gasteiger partial charge in [0.15, 0.2) is 17.5 Å². The van der Waals surface area contributed by atoms with Gasteiger partial charge < -0.3 is 20.1 Å². The van der Waals surface area contributed by atoms with Crippen LogP contribution in [0, 0.1) is 10.1 Å². The standard InChI is InChI=1S/C16H22N6O4/c1-4-17-16(18-7-8-21-11-13(10-19-21)22(23)24)20-12-5-6-14(25-2)15(9-12)26-3/h5-6,9-11H,4,7-8H2,1-3H3,(H2,17,18,20). The van der Waals surface area contributed by atoms with Crippen molar-refractivity contribution < 1.29 is 14.4 Å². The molecule has 0 aliphatic carbocycles. The Morgan fingerprint density at radius 2 is 2.12 bits per heavy atom. The number of hydrogen-bond donors (Lipinski definition) is 2. The number of benzene rings is 1. The maximum Gasteiger partial charge on any atom is 0.306 e. The van der Waals surface area contributed by atoms with Crippen LogP contribution in [-0.2, 0) is 6.54 Å². The second-order valence-electron chi connectivity index (χ2n) is 5.17. The van der Waals surface area contributed by atoms with Gasteiger partial charge >= 0.3 is 5.69 Å². The van der Waals surface area contributed by atoms with Crippen LogP contribution in [0.4, 0.5) is 11.4 Å². The minimum Gasteiger partial charge on any atom is -0.493 e. The molecule has 1 heterocycles. The molecule has 0 saturated heterocycles. The first-order chi connectivity index (χ1) is 12.6. The molecule has 0 aliphatic rings. The monoisotopic (exact) mass is 362 g/mol. The fraction of sp³-hybridized carbons (Fsp3) is 0.375. The molecule has 1 aromatic heterocycles. The van der Waals surface area contributed by atoms with E-state index in [-0.39, 0.29) is 5.69 Å². The number of hydrogen-bond acceptors (Lipinski definition) is 6. The average Bonchev–Trinajstić information content (AvgIpc) is 3.11. The van der Waals surface area contributed by atoms with E-state index in [0.29, 0.717) is 37.1 Å². The number of guanidine groups is 1. The molecular formula is C16H22N6O4. The molecule has 10 heteroatoms.